The van der Waals surface area contributed by atoms with Gasteiger partial charge in [0.1, 0.15) is 0 Å². The molecule has 1 aromatic heterocycles. The SMILES string of the molecule is COc1ccc(C=CCCN=[N+]=[N-])cn1. The van der Waals surface area contributed by atoms with Crippen LogP contribution in [-0.2, 0) is 0 Å². The molecule has 0 radical (unpaired) electrons. The van der Waals surface area contributed by atoms with Gasteiger partial charge in [-0.2, -0.15) is 0 Å². The first-order valence-electron chi connectivity index (χ1n) is 4.54. The highest BCUT2D eigenvalue weighted by molar-refractivity contribution is 5.48. The Hall–Kier alpha value is -2.00. The number of azide groups is 1. The largest absolute Gasteiger partial charge is 0.481 e. The summed E-state index contributed by atoms with van der Waals surface area (Å²) < 4.78 is 4.94. The maximum absolute atomic E-state index is 8.05. The predicted molar refractivity (Wildman–Crippen MR) is 58.5 cm³/mol. The van der Waals surface area contributed by atoms with Crippen molar-refractivity contribution in [3.8, 4) is 5.88 Å². The van der Waals surface area contributed by atoms with Gasteiger partial charge in [-0.1, -0.05) is 17.3 Å². The Bertz CT molecular complexity index is 366. The summed E-state index contributed by atoms with van der Waals surface area (Å²) in [6.07, 6.45) is 6.33. The topological polar surface area (TPSA) is 70.9 Å². The number of pyridine rings is 1. The van der Waals surface area contributed by atoms with Gasteiger partial charge < -0.3 is 4.74 Å². The average Bonchev–Trinajstić information content (AvgIpc) is 2.30. The molecule has 0 saturated heterocycles. The van der Waals surface area contributed by atoms with Crippen LogP contribution in [0.15, 0.2) is 29.5 Å². The molecule has 0 aliphatic carbocycles. The Morgan fingerprint density at radius 2 is 2.47 bits per heavy atom. The molecule has 0 fully saturated rings. The molecule has 1 aromatic rings. The molecule has 0 N–H and O–H groups in total. The second-order valence-electron chi connectivity index (χ2n) is 2.78. The van der Waals surface area contributed by atoms with Crippen molar-refractivity contribution in [2.75, 3.05) is 13.7 Å². The van der Waals surface area contributed by atoms with Gasteiger partial charge in [0.25, 0.3) is 0 Å². The van der Waals surface area contributed by atoms with Gasteiger partial charge in [-0.3, -0.25) is 0 Å². The fourth-order valence-electron chi connectivity index (χ4n) is 1.01. The van der Waals surface area contributed by atoms with Gasteiger partial charge in [0.2, 0.25) is 5.88 Å². The van der Waals surface area contributed by atoms with Crippen molar-refractivity contribution >= 4 is 6.08 Å². The normalized spacial score (nSPS) is 9.93. The third kappa shape index (κ3) is 4.15. The number of aromatic nitrogens is 1. The summed E-state index contributed by atoms with van der Waals surface area (Å²) in [5, 5.41) is 3.42. The van der Waals surface area contributed by atoms with Crippen molar-refractivity contribution in [1.82, 2.24) is 4.98 Å². The monoisotopic (exact) mass is 204 g/mol. The summed E-state index contributed by atoms with van der Waals surface area (Å²) in [5.41, 5.74) is 9.05. The van der Waals surface area contributed by atoms with Gasteiger partial charge in [0.05, 0.1) is 7.11 Å². The zero-order valence-electron chi connectivity index (χ0n) is 8.50. The summed E-state index contributed by atoms with van der Waals surface area (Å²) in [4.78, 5) is 6.72. The van der Waals surface area contributed by atoms with Crippen molar-refractivity contribution in [2.24, 2.45) is 5.11 Å². The lowest BCUT2D eigenvalue weighted by Crippen LogP contribution is -1.86. The Balaban J connectivity index is 2.46. The molecule has 1 heterocycles. The van der Waals surface area contributed by atoms with Crippen molar-refractivity contribution < 1.29 is 4.74 Å². The lowest BCUT2D eigenvalue weighted by Gasteiger charge is -1.97. The van der Waals surface area contributed by atoms with E-state index in [9.17, 15) is 0 Å². The Labute approximate surface area is 88.0 Å². The molecule has 0 amide bonds. The second-order valence-corrected chi connectivity index (χ2v) is 2.78. The van der Waals surface area contributed by atoms with Crippen LogP contribution in [0.4, 0.5) is 0 Å². The van der Waals surface area contributed by atoms with Crippen LogP contribution in [0.1, 0.15) is 12.0 Å². The number of hydrogen-bond donors (Lipinski definition) is 0. The molecule has 0 spiro atoms. The van der Waals surface area contributed by atoms with Crippen molar-refractivity contribution in [2.45, 2.75) is 6.42 Å². The van der Waals surface area contributed by atoms with Gasteiger partial charge in [0.15, 0.2) is 0 Å². The first-order chi connectivity index (χ1) is 7.36. The molecule has 5 nitrogen and oxygen atoms in total. The molecule has 0 atom stereocenters. The number of rotatable bonds is 5. The standard InChI is InChI=1S/C10H12N4O/c1-15-10-6-5-9(8-12-10)4-2-3-7-13-14-11/h2,4-6,8H,3,7H2,1H3. The minimum Gasteiger partial charge on any atom is -0.481 e. The summed E-state index contributed by atoms with van der Waals surface area (Å²) in [5.74, 6) is 0.598. The summed E-state index contributed by atoms with van der Waals surface area (Å²) >= 11 is 0. The van der Waals surface area contributed by atoms with Gasteiger partial charge >= 0.3 is 0 Å². The van der Waals surface area contributed by atoms with Crippen LogP contribution in [0.2, 0.25) is 0 Å². The fourth-order valence-corrected chi connectivity index (χ4v) is 1.01. The van der Waals surface area contributed by atoms with Gasteiger partial charge in [-0.05, 0) is 23.6 Å². The van der Waals surface area contributed by atoms with E-state index >= 15 is 0 Å². The summed E-state index contributed by atoms with van der Waals surface area (Å²) in [6.45, 7) is 0.483. The molecule has 15 heavy (non-hydrogen) atoms. The number of methoxy groups -OCH3 is 1. The predicted octanol–water partition coefficient (Wildman–Crippen LogP) is 2.80. The van der Waals surface area contributed by atoms with Crippen LogP contribution in [0.5, 0.6) is 5.88 Å². The number of hydrogen-bond acceptors (Lipinski definition) is 3. The highest BCUT2D eigenvalue weighted by Gasteiger charge is 1.90. The number of ether oxygens (including phenoxy) is 1. The quantitative estimate of drug-likeness (QED) is 0.320. The first kappa shape index (κ1) is 11.1. The third-order valence-corrected chi connectivity index (χ3v) is 1.74. The Morgan fingerprint density at radius 1 is 1.60 bits per heavy atom. The highest BCUT2D eigenvalue weighted by atomic mass is 16.5. The Kier molecular flexibility index (Phi) is 4.77. The molecule has 0 aliphatic heterocycles. The van der Waals surface area contributed by atoms with Gasteiger partial charge in [-0.15, -0.1) is 0 Å². The van der Waals surface area contributed by atoms with E-state index in [0.29, 0.717) is 12.4 Å². The number of nitrogens with zero attached hydrogens (tertiary/aromatic N) is 4. The van der Waals surface area contributed by atoms with Gasteiger partial charge in [-0.25, -0.2) is 4.98 Å². The molecule has 5 heteroatoms. The smallest absolute Gasteiger partial charge is 0.212 e. The highest BCUT2D eigenvalue weighted by Crippen LogP contribution is 2.08. The summed E-state index contributed by atoms with van der Waals surface area (Å²) in [6, 6.07) is 3.71. The fraction of sp³-hybridized carbons (Fsp3) is 0.300. The van der Waals surface area contributed by atoms with Crippen molar-refractivity contribution in [3.05, 3.63) is 40.4 Å². The molecular weight excluding hydrogens is 192 g/mol. The van der Waals surface area contributed by atoms with Crippen LogP contribution < -0.4 is 4.74 Å². The third-order valence-electron chi connectivity index (χ3n) is 1.74. The second kappa shape index (κ2) is 6.45. The molecule has 78 valence electrons. The van der Waals surface area contributed by atoms with Crippen molar-refractivity contribution in [1.29, 1.82) is 0 Å². The van der Waals surface area contributed by atoms with E-state index in [0.717, 1.165) is 12.0 Å². The van der Waals surface area contributed by atoms with E-state index in [1.54, 1.807) is 19.4 Å². The van der Waals surface area contributed by atoms with Crippen LogP contribution in [0, 0.1) is 0 Å². The molecular formula is C10H12N4O. The first-order valence-corrected chi connectivity index (χ1v) is 4.54. The zero-order valence-corrected chi connectivity index (χ0v) is 8.50. The lowest BCUT2D eigenvalue weighted by molar-refractivity contribution is 0.398. The van der Waals surface area contributed by atoms with E-state index < -0.39 is 0 Å². The van der Waals surface area contributed by atoms with E-state index in [2.05, 4.69) is 15.0 Å². The van der Waals surface area contributed by atoms with E-state index in [1.807, 2.05) is 18.2 Å². The maximum Gasteiger partial charge on any atom is 0.212 e. The lowest BCUT2D eigenvalue weighted by atomic mass is 10.2. The average molecular weight is 204 g/mol. The molecule has 0 saturated carbocycles. The molecule has 0 aromatic carbocycles. The van der Waals surface area contributed by atoms with Crippen molar-refractivity contribution in [3.63, 3.8) is 0 Å². The van der Waals surface area contributed by atoms with Crippen LogP contribution in [-0.4, -0.2) is 18.6 Å². The van der Waals surface area contributed by atoms with E-state index in [4.69, 9.17) is 10.3 Å². The van der Waals surface area contributed by atoms with Gasteiger partial charge in [0, 0.05) is 23.7 Å². The Morgan fingerprint density at radius 3 is 3.07 bits per heavy atom. The van der Waals surface area contributed by atoms with E-state index in [1.165, 1.54) is 0 Å². The molecule has 0 aliphatic rings. The van der Waals surface area contributed by atoms with E-state index in [-0.39, 0.29) is 0 Å². The van der Waals surface area contributed by atoms with Crippen LogP contribution in [0.3, 0.4) is 0 Å². The molecule has 0 unspecified atom stereocenters. The minimum atomic E-state index is 0.483. The zero-order chi connectivity index (χ0) is 10.9. The van der Waals surface area contributed by atoms with Crippen LogP contribution in [0.25, 0.3) is 16.5 Å². The van der Waals surface area contributed by atoms with Crippen LogP contribution >= 0.6 is 0 Å². The summed E-state index contributed by atoms with van der Waals surface area (Å²) in [7, 11) is 1.58. The maximum atomic E-state index is 8.05. The molecule has 1 rings (SSSR count). The minimum absolute atomic E-state index is 0.483. The molecule has 0 bridgehead atoms.